The van der Waals surface area contributed by atoms with Gasteiger partial charge in [-0.2, -0.15) is 8.42 Å². The van der Waals surface area contributed by atoms with Crippen LogP contribution in [-0.4, -0.2) is 41.7 Å². The van der Waals surface area contributed by atoms with Gasteiger partial charge in [-0.1, -0.05) is 36.4 Å². The molecule has 0 saturated heterocycles. The van der Waals surface area contributed by atoms with Gasteiger partial charge in [0.1, 0.15) is 11.8 Å². The highest BCUT2D eigenvalue weighted by Crippen LogP contribution is 2.22. The number of aryl methyl sites for hydroxylation is 1. The van der Waals surface area contributed by atoms with Gasteiger partial charge in [0.25, 0.3) is 16.0 Å². The molecule has 2 aromatic rings. The molecule has 0 heterocycles. The summed E-state index contributed by atoms with van der Waals surface area (Å²) in [5.41, 5.74) is 0.891. The number of amides is 1. The van der Waals surface area contributed by atoms with Gasteiger partial charge in [0.05, 0.1) is 5.56 Å². The molecule has 0 unspecified atom stereocenters. The van der Waals surface area contributed by atoms with Gasteiger partial charge in [0.2, 0.25) is 0 Å². The lowest BCUT2D eigenvalue weighted by atomic mass is 9.99. The minimum absolute atomic E-state index is 0.268. The van der Waals surface area contributed by atoms with Crippen molar-refractivity contribution in [1.29, 1.82) is 0 Å². The highest BCUT2D eigenvalue weighted by atomic mass is 32.2. The summed E-state index contributed by atoms with van der Waals surface area (Å²) < 4.78 is 30.6. The number of aliphatic carboxylic acids is 1. The quantitative estimate of drug-likeness (QED) is 0.705. The zero-order valence-electron chi connectivity index (χ0n) is 12.2. The fraction of sp³-hybridized carbons (Fsp3) is 0.200. The maximum atomic E-state index is 12.4. The van der Waals surface area contributed by atoms with Gasteiger partial charge >= 0.3 is 5.97 Å². The van der Waals surface area contributed by atoms with E-state index in [-0.39, 0.29) is 5.56 Å². The molecule has 3 N–H and O–H groups in total. The van der Waals surface area contributed by atoms with Gasteiger partial charge < -0.3 is 10.4 Å². The lowest BCUT2D eigenvalue weighted by Crippen LogP contribution is -2.45. The Kier molecular flexibility index (Phi) is 4.67. The third kappa shape index (κ3) is 4.05. The third-order valence-corrected chi connectivity index (χ3v) is 4.10. The van der Waals surface area contributed by atoms with E-state index in [0.717, 1.165) is 5.39 Å². The smallest absolute Gasteiger partial charge is 0.327 e. The number of carbonyl (C=O) groups excluding carboxylic acids is 1. The maximum absolute atomic E-state index is 12.4. The van der Waals surface area contributed by atoms with E-state index in [0.29, 0.717) is 10.9 Å². The molecule has 23 heavy (non-hydrogen) atoms. The van der Waals surface area contributed by atoms with Crippen molar-refractivity contribution in [3.63, 3.8) is 0 Å². The molecule has 0 radical (unpaired) electrons. The van der Waals surface area contributed by atoms with Crippen LogP contribution in [0.1, 0.15) is 15.9 Å². The van der Waals surface area contributed by atoms with Gasteiger partial charge in [0.15, 0.2) is 0 Å². The molecule has 0 spiro atoms. The molecule has 2 aromatic carbocycles. The van der Waals surface area contributed by atoms with E-state index in [1.807, 2.05) is 6.07 Å². The minimum Gasteiger partial charge on any atom is -0.480 e. The number of fused-ring (bicyclic) bond motifs is 1. The fourth-order valence-corrected chi connectivity index (χ4v) is 2.94. The van der Waals surface area contributed by atoms with Crippen LogP contribution in [0, 0.1) is 6.92 Å². The van der Waals surface area contributed by atoms with Crippen LogP contribution in [0.2, 0.25) is 0 Å². The molecule has 2 rings (SSSR count). The van der Waals surface area contributed by atoms with Crippen molar-refractivity contribution in [2.75, 3.05) is 5.75 Å². The third-order valence-electron chi connectivity index (χ3n) is 3.35. The van der Waals surface area contributed by atoms with E-state index in [4.69, 9.17) is 9.66 Å². The first kappa shape index (κ1) is 16.9. The molecular formula is C15H15NO6S. The summed E-state index contributed by atoms with van der Waals surface area (Å²) in [6.07, 6.45) is 0. The minimum atomic E-state index is -4.54. The van der Waals surface area contributed by atoms with Gasteiger partial charge in [-0.15, -0.1) is 0 Å². The second-order valence-electron chi connectivity index (χ2n) is 5.09. The normalized spacial score (nSPS) is 12.8. The van der Waals surface area contributed by atoms with E-state index in [1.54, 1.807) is 37.3 Å². The molecule has 0 saturated carbocycles. The summed E-state index contributed by atoms with van der Waals surface area (Å²) in [5, 5.41) is 12.6. The first-order chi connectivity index (χ1) is 10.7. The van der Waals surface area contributed by atoms with Crippen molar-refractivity contribution in [2.24, 2.45) is 0 Å². The van der Waals surface area contributed by atoms with E-state index in [1.165, 1.54) is 0 Å². The Balaban J connectivity index is 2.40. The van der Waals surface area contributed by atoms with Crippen molar-refractivity contribution in [3.8, 4) is 0 Å². The number of carboxylic acids is 1. The second-order valence-corrected chi connectivity index (χ2v) is 6.59. The van der Waals surface area contributed by atoms with E-state index < -0.39 is 33.8 Å². The number of benzene rings is 2. The standard InChI is InChI=1S/C15H15NO6S/c1-9-6-7-10-4-2-3-5-11(10)13(9)14(17)16-12(15(18)19)8-23(20,21)22/h2-7,12H,8H2,1H3,(H,16,17)(H,18,19)(H,20,21,22)/t12-/m0/s1. The van der Waals surface area contributed by atoms with Gasteiger partial charge in [0, 0.05) is 0 Å². The van der Waals surface area contributed by atoms with Crippen LogP contribution in [0.4, 0.5) is 0 Å². The number of carbonyl (C=O) groups is 2. The average molecular weight is 337 g/mol. The van der Waals surface area contributed by atoms with Crippen molar-refractivity contribution < 1.29 is 27.7 Å². The first-order valence-electron chi connectivity index (χ1n) is 6.66. The molecule has 1 atom stereocenters. The average Bonchev–Trinajstić information content (AvgIpc) is 2.44. The Morgan fingerprint density at radius 3 is 2.43 bits per heavy atom. The number of rotatable bonds is 5. The van der Waals surface area contributed by atoms with E-state index in [2.05, 4.69) is 5.32 Å². The Morgan fingerprint density at radius 1 is 1.17 bits per heavy atom. The lowest BCUT2D eigenvalue weighted by molar-refractivity contribution is -0.138. The predicted octanol–water partition coefficient (Wildman–Crippen LogP) is 1.22. The van der Waals surface area contributed by atoms with Crippen LogP contribution in [0.5, 0.6) is 0 Å². The zero-order valence-corrected chi connectivity index (χ0v) is 13.0. The highest BCUT2D eigenvalue weighted by molar-refractivity contribution is 7.85. The molecule has 0 fully saturated rings. The van der Waals surface area contributed by atoms with Crippen LogP contribution >= 0.6 is 0 Å². The van der Waals surface area contributed by atoms with Crippen LogP contribution in [0.25, 0.3) is 10.8 Å². The summed E-state index contributed by atoms with van der Waals surface area (Å²) in [6.45, 7) is 1.69. The number of hydrogen-bond donors (Lipinski definition) is 3. The molecule has 122 valence electrons. The van der Waals surface area contributed by atoms with Gasteiger partial charge in [-0.25, -0.2) is 4.79 Å². The van der Waals surface area contributed by atoms with Crippen LogP contribution in [0.3, 0.4) is 0 Å². The van der Waals surface area contributed by atoms with Gasteiger partial charge in [-0.05, 0) is 23.3 Å². The Morgan fingerprint density at radius 2 is 1.83 bits per heavy atom. The number of hydrogen-bond acceptors (Lipinski definition) is 4. The first-order valence-corrected chi connectivity index (χ1v) is 8.27. The molecule has 0 aliphatic rings. The second kappa shape index (κ2) is 6.35. The maximum Gasteiger partial charge on any atom is 0.327 e. The topological polar surface area (TPSA) is 121 Å². The summed E-state index contributed by atoms with van der Waals surface area (Å²) in [6, 6.07) is 8.87. The lowest BCUT2D eigenvalue weighted by Gasteiger charge is -2.15. The largest absolute Gasteiger partial charge is 0.480 e. The van der Waals surface area contributed by atoms with Crippen LogP contribution < -0.4 is 5.32 Å². The molecule has 7 nitrogen and oxygen atoms in total. The monoisotopic (exact) mass is 337 g/mol. The van der Waals surface area contributed by atoms with Crippen LogP contribution in [0.15, 0.2) is 36.4 Å². The van der Waals surface area contributed by atoms with Crippen molar-refractivity contribution in [1.82, 2.24) is 5.32 Å². The molecular weight excluding hydrogens is 322 g/mol. The molecule has 1 amide bonds. The SMILES string of the molecule is Cc1ccc2ccccc2c1C(=O)N[C@@H](CS(=O)(=O)O)C(=O)O. The molecule has 0 aromatic heterocycles. The molecule has 0 bridgehead atoms. The summed E-state index contributed by atoms with van der Waals surface area (Å²) in [7, 11) is -4.54. The Hall–Kier alpha value is -2.45. The van der Waals surface area contributed by atoms with Crippen LogP contribution in [-0.2, 0) is 14.9 Å². The van der Waals surface area contributed by atoms with Crippen molar-refractivity contribution in [2.45, 2.75) is 13.0 Å². The molecule has 8 heteroatoms. The van der Waals surface area contributed by atoms with E-state index >= 15 is 0 Å². The summed E-state index contributed by atoms with van der Waals surface area (Å²) in [5.74, 6) is -3.36. The highest BCUT2D eigenvalue weighted by Gasteiger charge is 2.27. The summed E-state index contributed by atoms with van der Waals surface area (Å²) >= 11 is 0. The number of carboxylic acid groups (broad SMARTS) is 1. The predicted molar refractivity (Wildman–Crippen MR) is 84.0 cm³/mol. The van der Waals surface area contributed by atoms with E-state index in [9.17, 15) is 18.0 Å². The Bertz CT molecular complexity index is 875. The van der Waals surface area contributed by atoms with Gasteiger partial charge in [-0.3, -0.25) is 9.35 Å². The Labute approximate surface area is 132 Å². The zero-order chi connectivity index (χ0) is 17.2. The van der Waals surface area contributed by atoms with Crippen molar-refractivity contribution in [3.05, 3.63) is 47.5 Å². The molecule has 0 aliphatic heterocycles. The fourth-order valence-electron chi connectivity index (χ4n) is 2.30. The molecule has 0 aliphatic carbocycles. The number of nitrogens with one attached hydrogen (secondary N) is 1. The summed E-state index contributed by atoms with van der Waals surface area (Å²) in [4.78, 5) is 23.5. The van der Waals surface area contributed by atoms with Crippen molar-refractivity contribution >= 4 is 32.8 Å².